The van der Waals surface area contributed by atoms with E-state index in [1.54, 1.807) is 18.9 Å². The molecule has 0 aliphatic carbocycles. The zero-order valence-corrected chi connectivity index (χ0v) is 9.37. The van der Waals surface area contributed by atoms with Gasteiger partial charge in [-0.3, -0.25) is 0 Å². The number of hydrogen-bond acceptors (Lipinski definition) is 5. The third-order valence-corrected chi connectivity index (χ3v) is 2.70. The van der Waals surface area contributed by atoms with Gasteiger partial charge in [0, 0.05) is 20.1 Å². The summed E-state index contributed by atoms with van der Waals surface area (Å²) < 4.78 is 13.5. The minimum absolute atomic E-state index is 0.247. The van der Waals surface area contributed by atoms with Gasteiger partial charge in [0.05, 0.1) is 11.8 Å². The Kier molecular flexibility index (Phi) is 2.67. The number of nitrogens with one attached hydrogen (secondary N) is 1. The van der Waals surface area contributed by atoms with Crippen molar-refractivity contribution in [2.45, 2.75) is 18.9 Å². The second kappa shape index (κ2) is 3.86. The lowest BCUT2D eigenvalue weighted by Gasteiger charge is -2.20. The van der Waals surface area contributed by atoms with Crippen LogP contribution >= 0.6 is 0 Å². The summed E-state index contributed by atoms with van der Waals surface area (Å²) in [5.41, 5.74) is -0.767. The number of hydrogen-bond donors (Lipinski definition) is 2. The summed E-state index contributed by atoms with van der Waals surface area (Å²) in [6, 6.07) is 0. The van der Waals surface area contributed by atoms with E-state index in [2.05, 4.69) is 15.3 Å². The Morgan fingerprint density at radius 2 is 2.38 bits per heavy atom. The number of anilines is 2. The number of rotatable bonds is 2. The fraction of sp³-hybridized carbons (Fsp3) is 0.600. The van der Waals surface area contributed by atoms with Crippen LogP contribution in [-0.4, -0.2) is 40.8 Å². The molecule has 0 spiro atoms. The SMILES string of the molecule is CNc1ncc(F)c(N2CCC(C)(O)C2)n1. The van der Waals surface area contributed by atoms with Crippen LogP contribution in [-0.2, 0) is 0 Å². The van der Waals surface area contributed by atoms with E-state index in [0.29, 0.717) is 25.5 Å². The Hall–Kier alpha value is -1.43. The van der Waals surface area contributed by atoms with Crippen LogP contribution in [0.1, 0.15) is 13.3 Å². The number of aliphatic hydroxyl groups is 1. The molecule has 1 atom stereocenters. The minimum atomic E-state index is -0.767. The van der Waals surface area contributed by atoms with E-state index in [9.17, 15) is 9.50 Å². The van der Waals surface area contributed by atoms with Gasteiger partial charge in [-0.25, -0.2) is 9.37 Å². The highest BCUT2D eigenvalue weighted by Gasteiger charge is 2.33. The molecule has 1 saturated heterocycles. The molecule has 0 amide bonds. The van der Waals surface area contributed by atoms with Crippen molar-refractivity contribution in [2.24, 2.45) is 0 Å². The van der Waals surface area contributed by atoms with Crippen molar-refractivity contribution >= 4 is 11.8 Å². The van der Waals surface area contributed by atoms with E-state index in [-0.39, 0.29) is 5.82 Å². The van der Waals surface area contributed by atoms with Crippen LogP contribution in [0.5, 0.6) is 0 Å². The highest BCUT2D eigenvalue weighted by molar-refractivity contribution is 5.45. The summed E-state index contributed by atoms with van der Waals surface area (Å²) in [5, 5.41) is 12.6. The molecule has 1 aliphatic heterocycles. The second-order valence-corrected chi connectivity index (χ2v) is 4.28. The number of nitrogens with zero attached hydrogens (tertiary/aromatic N) is 3. The van der Waals surface area contributed by atoms with Crippen LogP contribution in [0, 0.1) is 5.82 Å². The molecule has 1 fully saturated rings. The molecule has 88 valence electrons. The summed E-state index contributed by atoms with van der Waals surface area (Å²) in [5.74, 6) is 0.164. The van der Waals surface area contributed by atoms with Gasteiger partial charge in [-0.1, -0.05) is 0 Å². The zero-order chi connectivity index (χ0) is 11.8. The first-order valence-corrected chi connectivity index (χ1v) is 5.19. The van der Waals surface area contributed by atoms with Crippen molar-refractivity contribution in [1.29, 1.82) is 0 Å². The van der Waals surface area contributed by atoms with E-state index in [1.165, 1.54) is 0 Å². The first-order valence-electron chi connectivity index (χ1n) is 5.19. The summed E-state index contributed by atoms with van der Waals surface area (Å²) in [6.07, 6.45) is 1.76. The lowest BCUT2D eigenvalue weighted by molar-refractivity contribution is 0.0838. The number of β-amino-alcohol motifs (C(OH)–C–C–N with tert-alkyl or cyclic N) is 1. The average molecular weight is 226 g/mol. The van der Waals surface area contributed by atoms with Crippen LogP contribution in [0.15, 0.2) is 6.20 Å². The summed E-state index contributed by atoms with van der Waals surface area (Å²) in [6.45, 7) is 2.74. The van der Waals surface area contributed by atoms with Gasteiger partial charge in [0.2, 0.25) is 5.95 Å². The van der Waals surface area contributed by atoms with Crippen LogP contribution in [0.2, 0.25) is 0 Å². The molecule has 1 unspecified atom stereocenters. The fourth-order valence-electron chi connectivity index (χ4n) is 1.83. The number of halogens is 1. The minimum Gasteiger partial charge on any atom is -0.388 e. The summed E-state index contributed by atoms with van der Waals surface area (Å²) in [7, 11) is 1.68. The van der Waals surface area contributed by atoms with Gasteiger partial charge in [-0.2, -0.15) is 4.98 Å². The van der Waals surface area contributed by atoms with Gasteiger partial charge in [0.1, 0.15) is 0 Å². The molecule has 16 heavy (non-hydrogen) atoms. The maximum atomic E-state index is 13.5. The van der Waals surface area contributed by atoms with Gasteiger partial charge in [0.15, 0.2) is 11.6 Å². The van der Waals surface area contributed by atoms with Crippen molar-refractivity contribution in [1.82, 2.24) is 9.97 Å². The van der Waals surface area contributed by atoms with E-state index in [4.69, 9.17) is 0 Å². The molecule has 6 heteroatoms. The molecule has 2 rings (SSSR count). The predicted molar refractivity (Wildman–Crippen MR) is 59.0 cm³/mol. The maximum Gasteiger partial charge on any atom is 0.224 e. The molecule has 5 nitrogen and oxygen atoms in total. The van der Waals surface area contributed by atoms with E-state index in [1.807, 2.05) is 0 Å². The Labute approximate surface area is 93.3 Å². The van der Waals surface area contributed by atoms with Crippen LogP contribution in [0.3, 0.4) is 0 Å². The molecule has 1 aromatic heterocycles. The Balaban J connectivity index is 2.27. The molecular weight excluding hydrogens is 211 g/mol. The van der Waals surface area contributed by atoms with Crippen molar-refractivity contribution in [3.8, 4) is 0 Å². The van der Waals surface area contributed by atoms with E-state index >= 15 is 0 Å². The van der Waals surface area contributed by atoms with Crippen molar-refractivity contribution in [3.63, 3.8) is 0 Å². The highest BCUT2D eigenvalue weighted by Crippen LogP contribution is 2.27. The van der Waals surface area contributed by atoms with Crippen molar-refractivity contribution in [3.05, 3.63) is 12.0 Å². The molecule has 0 radical (unpaired) electrons. The lowest BCUT2D eigenvalue weighted by atomic mass is 10.1. The van der Waals surface area contributed by atoms with Crippen molar-refractivity contribution < 1.29 is 9.50 Å². The fourth-order valence-corrected chi connectivity index (χ4v) is 1.83. The maximum absolute atomic E-state index is 13.5. The Morgan fingerprint density at radius 3 is 2.94 bits per heavy atom. The molecule has 0 aromatic carbocycles. The van der Waals surface area contributed by atoms with E-state index < -0.39 is 11.4 Å². The quantitative estimate of drug-likeness (QED) is 0.774. The molecule has 0 bridgehead atoms. The third-order valence-electron chi connectivity index (χ3n) is 2.70. The van der Waals surface area contributed by atoms with Crippen LogP contribution in [0.4, 0.5) is 16.2 Å². The van der Waals surface area contributed by atoms with Gasteiger partial charge in [-0.05, 0) is 13.3 Å². The normalized spacial score (nSPS) is 24.9. The van der Waals surface area contributed by atoms with Crippen LogP contribution < -0.4 is 10.2 Å². The monoisotopic (exact) mass is 226 g/mol. The van der Waals surface area contributed by atoms with E-state index in [0.717, 1.165) is 6.20 Å². The Bertz CT molecular complexity index is 396. The van der Waals surface area contributed by atoms with Crippen molar-refractivity contribution in [2.75, 3.05) is 30.4 Å². The molecule has 2 heterocycles. The molecular formula is C10H15FN4O. The molecule has 1 aliphatic rings. The first kappa shape index (κ1) is 11.1. The zero-order valence-electron chi connectivity index (χ0n) is 9.37. The second-order valence-electron chi connectivity index (χ2n) is 4.28. The van der Waals surface area contributed by atoms with Gasteiger partial charge in [0.25, 0.3) is 0 Å². The standard InChI is InChI=1S/C10H15FN4O/c1-10(16)3-4-15(6-10)8-7(11)5-13-9(12-2)14-8/h5,16H,3-4,6H2,1-2H3,(H,12,13,14). The Morgan fingerprint density at radius 1 is 1.62 bits per heavy atom. The average Bonchev–Trinajstić information content (AvgIpc) is 2.59. The van der Waals surface area contributed by atoms with Gasteiger partial charge < -0.3 is 15.3 Å². The number of aromatic nitrogens is 2. The van der Waals surface area contributed by atoms with Gasteiger partial charge >= 0.3 is 0 Å². The highest BCUT2D eigenvalue weighted by atomic mass is 19.1. The summed E-state index contributed by atoms with van der Waals surface area (Å²) >= 11 is 0. The topological polar surface area (TPSA) is 61.3 Å². The lowest BCUT2D eigenvalue weighted by Crippen LogP contribution is -2.30. The predicted octanol–water partition coefficient (Wildman–Crippen LogP) is 0.618. The molecule has 2 N–H and O–H groups in total. The van der Waals surface area contributed by atoms with Gasteiger partial charge in [-0.15, -0.1) is 0 Å². The molecule has 0 saturated carbocycles. The first-order chi connectivity index (χ1) is 7.52. The molecule has 1 aromatic rings. The third kappa shape index (κ3) is 2.06. The van der Waals surface area contributed by atoms with Crippen LogP contribution in [0.25, 0.3) is 0 Å². The largest absolute Gasteiger partial charge is 0.388 e. The summed E-state index contributed by atoms with van der Waals surface area (Å²) in [4.78, 5) is 9.57. The smallest absolute Gasteiger partial charge is 0.224 e.